The van der Waals surface area contributed by atoms with E-state index in [1.165, 1.54) is 0 Å². The maximum absolute atomic E-state index is 12.9. The number of nitrogens with one attached hydrogen (secondary N) is 2. The number of carbonyl (C=O) groups excluding carboxylic acids is 1. The predicted molar refractivity (Wildman–Crippen MR) is 155 cm³/mol. The first kappa shape index (κ1) is 31.6. The SMILES string of the molecule is C/N=C/C=c1\[nH]/c(=C(/C)C2=N/C(=C\CNC)[C@@H](C)[C@@H]2CCC(=O)N(C)CCOCCOCCOC)cc1C. The number of amides is 1. The largest absolute Gasteiger partial charge is 0.382 e. The Morgan fingerprint density at radius 1 is 1.24 bits per heavy atom. The average Bonchev–Trinajstić information content (AvgIpc) is 3.44. The Morgan fingerprint density at radius 3 is 2.63 bits per heavy atom. The molecule has 0 aliphatic carbocycles. The van der Waals surface area contributed by atoms with Gasteiger partial charge >= 0.3 is 0 Å². The Hall–Kier alpha value is -2.59. The minimum atomic E-state index is 0.119. The summed E-state index contributed by atoms with van der Waals surface area (Å²) in [5, 5.41) is 5.27. The molecule has 0 bridgehead atoms. The van der Waals surface area contributed by atoms with E-state index < -0.39 is 0 Å². The van der Waals surface area contributed by atoms with Crippen LogP contribution in [0.3, 0.4) is 0 Å². The molecule has 2 heterocycles. The standard InChI is InChI=1S/C29H47N5O4/c1-21-20-27(32-25(21)10-12-30-4)23(3)29-24(22(2)26(33-29)11-13-31-5)8-9-28(35)34(6)14-15-37-18-19-38-17-16-36-7/h10-12,20,22,24,31-32H,8-9,13-19H2,1-7H3/b25-10-,26-11-,27-23-,30-12+/t22-,24-/m0/s1. The number of rotatable bonds is 16. The van der Waals surface area contributed by atoms with Crippen molar-refractivity contribution >= 4 is 29.5 Å². The van der Waals surface area contributed by atoms with Gasteiger partial charge in [0.05, 0.1) is 33.0 Å². The van der Waals surface area contributed by atoms with E-state index in [0.29, 0.717) is 46.0 Å². The Labute approximate surface area is 227 Å². The predicted octanol–water partition coefficient (Wildman–Crippen LogP) is 1.70. The lowest BCUT2D eigenvalue weighted by atomic mass is 9.84. The number of H-pyrrole nitrogens is 1. The number of aryl methyl sites for hydroxylation is 1. The molecule has 1 aromatic heterocycles. The smallest absolute Gasteiger partial charge is 0.222 e. The number of allylic oxidation sites excluding steroid dienone is 1. The third kappa shape index (κ3) is 9.62. The van der Waals surface area contributed by atoms with E-state index in [1.54, 1.807) is 25.3 Å². The van der Waals surface area contributed by atoms with Crippen LogP contribution in [0.15, 0.2) is 27.8 Å². The Balaban J connectivity index is 2.06. The van der Waals surface area contributed by atoms with Crippen LogP contribution < -0.4 is 16.0 Å². The number of hydrogen-bond acceptors (Lipinski definition) is 7. The molecule has 1 aliphatic rings. The molecule has 0 unspecified atom stereocenters. The van der Waals surface area contributed by atoms with Gasteiger partial charge in [0.15, 0.2) is 0 Å². The van der Waals surface area contributed by atoms with Crippen LogP contribution in [0.25, 0.3) is 11.6 Å². The van der Waals surface area contributed by atoms with Crippen LogP contribution in [0.1, 0.15) is 32.3 Å². The molecule has 38 heavy (non-hydrogen) atoms. The highest BCUT2D eigenvalue weighted by atomic mass is 16.5. The van der Waals surface area contributed by atoms with Gasteiger partial charge in [0, 0.05) is 80.9 Å². The third-order valence-corrected chi connectivity index (χ3v) is 6.89. The fourth-order valence-corrected chi connectivity index (χ4v) is 4.45. The molecule has 0 saturated carbocycles. The van der Waals surface area contributed by atoms with Gasteiger partial charge in [0.25, 0.3) is 0 Å². The molecule has 2 atom stereocenters. The van der Waals surface area contributed by atoms with Crippen molar-refractivity contribution in [1.82, 2.24) is 15.2 Å². The van der Waals surface area contributed by atoms with Crippen molar-refractivity contribution in [3.05, 3.63) is 34.1 Å². The molecule has 0 radical (unpaired) electrons. The van der Waals surface area contributed by atoms with E-state index >= 15 is 0 Å². The zero-order valence-corrected chi connectivity index (χ0v) is 24.3. The molecular weight excluding hydrogens is 482 g/mol. The van der Waals surface area contributed by atoms with E-state index in [1.807, 2.05) is 20.2 Å². The summed E-state index contributed by atoms with van der Waals surface area (Å²) in [4.78, 5) is 27.3. The molecule has 0 fully saturated rings. The van der Waals surface area contributed by atoms with Crippen LogP contribution in [-0.4, -0.2) is 102 Å². The topological polar surface area (TPSA) is 101 Å². The third-order valence-electron chi connectivity index (χ3n) is 6.89. The van der Waals surface area contributed by atoms with E-state index in [0.717, 1.165) is 46.2 Å². The molecule has 2 rings (SSSR count). The van der Waals surface area contributed by atoms with Crippen LogP contribution in [0.5, 0.6) is 0 Å². The zero-order chi connectivity index (χ0) is 27.9. The summed E-state index contributed by atoms with van der Waals surface area (Å²) in [5.74, 6) is 0.527. The fraction of sp³-hybridized carbons (Fsp3) is 0.621. The van der Waals surface area contributed by atoms with Gasteiger partial charge in [-0.25, -0.2) is 0 Å². The Morgan fingerprint density at radius 2 is 1.95 bits per heavy atom. The Bertz CT molecular complexity index is 1090. The number of methoxy groups -OCH3 is 1. The summed E-state index contributed by atoms with van der Waals surface area (Å²) in [6, 6.07) is 2.16. The fourth-order valence-electron chi connectivity index (χ4n) is 4.45. The van der Waals surface area contributed by atoms with E-state index in [9.17, 15) is 4.79 Å². The lowest BCUT2D eigenvalue weighted by Crippen LogP contribution is -2.31. The Kier molecular flexibility index (Phi) is 14.2. The molecule has 0 saturated heterocycles. The van der Waals surface area contributed by atoms with Crippen LogP contribution in [0.4, 0.5) is 0 Å². The molecule has 0 spiro atoms. The number of ether oxygens (including phenoxy) is 3. The van der Waals surface area contributed by atoms with E-state index in [-0.39, 0.29) is 17.7 Å². The van der Waals surface area contributed by atoms with E-state index in [2.05, 4.69) is 48.2 Å². The van der Waals surface area contributed by atoms with Gasteiger partial charge in [-0.15, -0.1) is 0 Å². The highest BCUT2D eigenvalue weighted by Crippen LogP contribution is 2.36. The quantitative estimate of drug-likeness (QED) is 0.251. The van der Waals surface area contributed by atoms with Gasteiger partial charge in [-0.2, -0.15) is 0 Å². The number of likely N-dealkylation sites (N-methyl/N-ethyl adjacent to an activating group) is 2. The average molecular weight is 530 g/mol. The minimum absolute atomic E-state index is 0.119. The summed E-state index contributed by atoms with van der Waals surface area (Å²) in [7, 11) is 7.18. The highest BCUT2D eigenvalue weighted by molar-refractivity contribution is 6.20. The first-order valence-corrected chi connectivity index (χ1v) is 13.4. The second-order valence-electron chi connectivity index (χ2n) is 9.63. The van der Waals surface area contributed by atoms with Gasteiger partial charge in [-0.3, -0.25) is 14.8 Å². The molecule has 212 valence electrons. The second kappa shape index (κ2) is 17.1. The lowest BCUT2D eigenvalue weighted by Gasteiger charge is -2.21. The van der Waals surface area contributed by atoms with Gasteiger partial charge in [-0.05, 0) is 56.7 Å². The van der Waals surface area contributed by atoms with Crippen molar-refractivity contribution in [2.24, 2.45) is 21.8 Å². The molecule has 1 aromatic rings. The molecule has 2 N–H and O–H groups in total. The van der Waals surface area contributed by atoms with Crippen molar-refractivity contribution in [1.29, 1.82) is 0 Å². The number of aliphatic imine (C=N–C) groups is 2. The summed E-state index contributed by atoms with van der Waals surface area (Å²) in [6.07, 6.45) is 7.13. The number of aromatic nitrogens is 1. The van der Waals surface area contributed by atoms with Gasteiger partial charge in [-0.1, -0.05) is 6.92 Å². The minimum Gasteiger partial charge on any atom is -0.382 e. The van der Waals surface area contributed by atoms with E-state index in [4.69, 9.17) is 19.2 Å². The van der Waals surface area contributed by atoms with Gasteiger partial charge < -0.3 is 29.4 Å². The first-order chi connectivity index (χ1) is 18.3. The first-order valence-electron chi connectivity index (χ1n) is 13.4. The lowest BCUT2D eigenvalue weighted by molar-refractivity contribution is -0.130. The molecule has 0 aromatic carbocycles. The van der Waals surface area contributed by atoms with Crippen molar-refractivity contribution in [2.75, 3.05) is 74.4 Å². The van der Waals surface area contributed by atoms with Crippen molar-refractivity contribution in [3.63, 3.8) is 0 Å². The maximum Gasteiger partial charge on any atom is 0.222 e. The van der Waals surface area contributed by atoms with Crippen LogP contribution in [0, 0.1) is 18.8 Å². The van der Waals surface area contributed by atoms with Crippen molar-refractivity contribution in [3.8, 4) is 0 Å². The molecule has 1 aliphatic heterocycles. The number of aromatic amines is 1. The maximum atomic E-state index is 12.9. The summed E-state index contributed by atoms with van der Waals surface area (Å²) < 4.78 is 15.9. The molecular formula is C29H47N5O4. The summed E-state index contributed by atoms with van der Waals surface area (Å²) in [5.41, 5.74) is 4.42. The molecule has 9 nitrogen and oxygen atoms in total. The van der Waals surface area contributed by atoms with Crippen molar-refractivity contribution < 1.29 is 19.0 Å². The highest BCUT2D eigenvalue weighted by Gasteiger charge is 2.33. The van der Waals surface area contributed by atoms with Crippen LogP contribution in [-0.2, 0) is 19.0 Å². The zero-order valence-electron chi connectivity index (χ0n) is 24.3. The second-order valence-corrected chi connectivity index (χ2v) is 9.63. The molecule has 9 heteroatoms. The number of hydrogen-bond donors (Lipinski definition) is 2. The number of nitrogens with zero attached hydrogens (tertiary/aromatic N) is 3. The summed E-state index contributed by atoms with van der Waals surface area (Å²) in [6.45, 7) is 10.4. The van der Waals surface area contributed by atoms with Crippen molar-refractivity contribution in [2.45, 2.75) is 33.6 Å². The summed E-state index contributed by atoms with van der Waals surface area (Å²) >= 11 is 0. The normalized spacial score (nSPS) is 20.0. The van der Waals surface area contributed by atoms with Crippen LogP contribution in [0.2, 0.25) is 0 Å². The monoisotopic (exact) mass is 529 g/mol. The van der Waals surface area contributed by atoms with Gasteiger partial charge in [0.1, 0.15) is 0 Å². The number of carbonyl (C=O) groups is 1. The molecule has 1 amide bonds. The van der Waals surface area contributed by atoms with Crippen LogP contribution >= 0.6 is 0 Å². The van der Waals surface area contributed by atoms with Gasteiger partial charge in [0.2, 0.25) is 5.91 Å².